The second-order valence-electron chi connectivity index (χ2n) is 3.57. The molecule has 0 saturated heterocycles. The van der Waals surface area contributed by atoms with Gasteiger partial charge in [0, 0.05) is 17.4 Å². The highest BCUT2D eigenvalue weighted by atomic mass is 35.5. The fourth-order valence-corrected chi connectivity index (χ4v) is 1.97. The maximum atomic E-state index is 11.6. The number of nitrogens with one attached hydrogen (secondary N) is 1. The number of methoxy groups -OCH3 is 1. The summed E-state index contributed by atoms with van der Waals surface area (Å²) in [7, 11) is 1.24. The van der Waals surface area contributed by atoms with Crippen molar-refractivity contribution in [3.63, 3.8) is 0 Å². The number of carbonyl (C=O) groups is 1. The molecular weight excluding hydrogens is 256 g/mol. The molecule has 1 heterocycles. The summed E-state index contributed by atoms with van der Waals surface area (Å²) in [6.45, 7) is 0. The van der Waals surface area contributed by atoms with E-state index in [2.05, 4.69) is 14.7 Å². The van der Waals surface area contributed by atoms with Crippen LogP contribution >= 0.6 is 11.6 Å². The maximum Gasteiger partial charge on any atom is 0.338 e. The van der Waals surface area contributed by atoms with Crippen LogP contribution in [0.4, 0.5) is 0 Å². The van der Waals surface area contributed by atoms with E-state index in [1.54, 1.807) is 24.4 Å². The standard InChI is InChI=1S/C12H9ClN2O3/c1-18-12(17)9-5-7(13)4-8(10(9)6-16)11-14-2-3-15-11/h2-5,8H,1H3,(H,14,15). The van der Waals surface area contributed by atoms with Crippen molar-refractivity contribution in [3.05, 3.63) is 46.5 Å². The van der Waals surface area contributed by atoms with E-state index >= 15 is 0 Å². The van der Waals surface area contributed by atoms with Gasteiger partial charge in [-0.15, -0.1) is 0 Å². The summed E-state index contributed by atoms with van der Waals surface area (Å²) in [4.78, 5) is 29.6. The SMILES string of the molecule is COC(=O)C1=CC(Cl)=CC(c2ncc[nH]2)C1=C=O. The van der Waals surface area contributed by atoms with Gasteiger partial charge in [0.1, 0.15) is 11.8 Å². The molecule has 0 aromatic carbocycles. The molecule has 0 bridgehead atoms. The lowest BCUT2D eigenvalue weighted by Gasteiger charge is -2.18. The largest absolute Gasteiger partial charge is 0.465 e. The predicted octanol–water partition coefficient (Wildman–Crippen LogP) is 1.49. The molecule has 18 heavy (non-hydrogen) atoms. The van der Waals surface area contributed by atoms with Crippen molar-refractivity contribution in [1.29, 1.82) is 0 Å². The minimum atomic E-state index is -0.629. The van der Waals surface area contributed by atoms with Gasteiger partial charge in [0.2, 0.25) is 0 Å². The van der Waals surface area contributed by atoms with Crippen molar-refractivity contribution < 1.29 is 14.3 Å². The third-order valence-corrected chi connectivity index (χ3v) is 2.77. The number of esters is 1. The van der Waals surface area contributed by atoms with Gasteiger partial charge in [-0.05, 0) is 6.08 Å². The first-order valence-corrected chi connectivity index (χ1v) is 5.47. The monoisotopic (exact) mass is 264 g/mol. The van der Waals surface area contributed by atoms with Gasteiger partial charge in [0.25, 0.3) is 0 Å². The third kappa shape index (κ3) is 2.14. The van der Waals surface area contributed by atoms with Gasteiger partial charge in [-0.3, -0.25) is 0 Å². The number of H-pyrrole nitrogens is 1. The van der Waals surface area contributed by atoms with Crippen molar-refractivity contribution in [3.8, 4) is 0 Å². The maximum absolute atomic E-state index is 11.6. The lowest BCUT2D eigenvalue weighted by atomic mass is 9.88. The van der Waals surface area contributed by atoms with Crippen LogP contribution in [0.15, 0.2) is 40.7 Å². The van der Waals surface area contributed by atoms with E-state index < -0.39 is 11.9 Å². The Morgan fingerprint density at radius 3 is 2.94 bits per heavy atom. The molecule has 1 unspecified atom stereocenters. The molecule has 0 aliphatic heterocycles. The fourth-order valence-electron chi connectivity index (χ4n) is 1.73. The van der Waals surface area contributed by atoms with Gasteiger partial charge in [-0.25, -0.2) is 14.6 Å². The zero-order valence-electron chi connectivity index (χ0n) is 9.44. The number of hydrogen-bond donors (Lipinski definition) is 1. The fraction of sp³-hybridized carbons (Fsp3) is 0.167. The molecule has 0 radical (unpaired) electrons. The number of nitrogens with zero attached hydrogens (tertiary/aromatic N) is 1. The highest BCUT2D eigenvalue weighted by molar-refractivity contribution is 6.32. The molecular formula is C12H9ClN2O3. The Labute approximate surface area is 108 Å². The molecule has 0 spiro atoms. The summed E-state index contributed by atoms with van der Waals surface area (Å²) < 4.78 is 4.61. The summed E-state index contributed by atoms with van der Waals surface area (Å²) >= 11 is 5.94. The van der Waals surface area contributed by atoms with Crippen LogP contribution < -0.4 is 0 Å². The normalized spacial score (nSPS) is 18.8. The molecule has 1 atom stereocenters. The molecule has 1 aromatic heterocycles. The van der Waals surface area contributed by atoms with Crippen molar-refractivity contribution in [1.82, 2.24) is 9.97 Å². The highest BCUT2D eigenvalue weighted by Gasteiger charge is 2.29. The van der Waals surface area contributed by atoms with Gasteiger partial charge in [0.05, 0.1) is 24.2 Å². The lowest BCUT2D eigenvalue weighted by Crippen LogP contribution is -2.16. The van der Waals surface area contributed by atoms with Gasteiger partial charge < -0.3 is 9.72 Å². The Balaban J connectivity index is 2.50. The topological polar surface area (TPSA) is 72.0 Å². The van der Waals surface area contributed by atoms with Crippen LogP contribution in [0.1, 0.15) is 11.7 Å². The van der Waals surface area contributed by atoms with Crippen LogP contribution in [-0.4, -0.2) is 29.0 Å². The number of imidazole rings is 1. The van der Waals surface area contributed by atoms with Crippen LogP contribution in [0.5, 0.6) is 0 Å². The minimum Gasteiger partial charge on any atom is -0.465 e. The van der Waals surface area contributed by atoms with Gasteiger partial charge in [0.15, 0.2) is 0 Å². The number of carbonyl (C=O) groups excluding carboxylic acids is 2. The number of hydrogen-bond acceptors (Lipinski definition) is 4. The molecule has 1 N–H and O–H groups in total. The summed E-state index contributed by atoms with van der Waals surface area (Å²) in [6.07, 6.45) is 6.17. The number of rotatable bonds is 2. The second-order valence-corrected chi connectivity index (χ2v) is 4.01. The van der Waals surface area contributed by atoms with E-state index in [0.717, 1.165) is 0 Å². The second kappa shape index (κ2) is 5.04. The van der Waals surface area contributed by atoms with E-state index in [1.165, 1.54) is 13.2 Å². The molecule has 2 rings (SSSR count). The number of aromatic nitrogens is 2. The first-order valence-electron chi connectivity index (χ1n) is 5.09. The highest BCUT2D eigenvalue weighted by Crippen LogP contribution is 2.34. The van der Waals surface area contributed by atoms with E-state index in [1.807, 2.05) is 0 Å². The van der Waals surface area contributed by atoms with Crippen LogP contribution in [-0.2, 0) is 14.3 Å². The molecule has 1 aliphatic rings. The van der Waals surface area contributed by atoms with E-state index in [9.17, 15) is 9.59 Å². The van der Waals surface area contributed by atoms with Crippen LogP contribution in [0.2, 0.25) is 0 Å². The Morgan fingerprint density at radius 2 is 2.39 bits per heavy atom. The number of allylic oxidation sites excluding steroid dienone is 3. The van der Waals surface area contributed by atoms with Gasteiger partial charge in [-0.2, -0.15) is 0 Å². The van der Waals surface area contributed by atoms with Gasteiger partial charge in [-0.1, -0.05) is 17.7 Å². The minimum absolute atomic E-state index is 0.0985. The number of halogens is 1. The number of ether oxygens (including phenoxy) is 1. The number of aromatic amines is 1. The molecule has 1 aliphatic carbocycles. The Morgan fingerprint density at radius 1 is 1.61 bits per heavy atom. The zero-order chi connectivity index (χ0) is 13.1. The van der Waals surface area contributed by atoms with Crippen molar-refractivity contribution >= 4 is 23.5 Å². The average molecular weight is 265 g/mol. The molecule has 1 aromatic rings. The van der Waals surface area contributed by atoms with Crippen LogP contribution in [0.25, 0.3) is 0 Å². The molecule has 0 amide bonds. The van der Waals surface area contributed by atoms with Gasteiger partial charge >= 0.3 is 5.97 Å². The summed E-state index contributed by atoms with van der Waals surface area (Å²) in [5, 5.41) is 0.343. The first-order chi connectivity index (χ1) is 8.67. The predicted molar refractivity (Wildman–Crippen MR) is 64.6 cm³/mol. The Hall–Kier alpha value is -2.10. The smallest absolute Gasteiger partial charge is 0.338 e. The quantitative estimate of drug-likeness (QED) is 0.649. The molecule has 6 heteroatoms. The third-order valence-electron chi connectivity index (χ3n) is 2.54. The molecule has 0 saturated carbocycles. The van der Waals surface area contributed by atoms with E-state index in [4.69, 9.17) is 11.6 Å². The zero-order valence-corrected chi connectivity index (χ0v) is 10.2. The summed E-state index contributed by atoms with van der Waals surface area (Å²) in [6, 6.07) is 0. The Bertz CT molecular complexity index is 580. The van der Waals surface area contributed by atoms with Crippen molar-refractivity contribution in [2.24, 2.45) is 0 Å². The average Bonchev–Trinajstić information content (AvgIpc) is 2.90. The lowest BCUT2D eigenvalue weighted by molar-refractivity contribution is -0.135. The van der Waals surface area contributed by atoms with Crippen molar-refractivity contribution in [2.75, 3.05) is 7.11 Å². The van der Waals surface area contributed by atoms with Crippen LogP contribution in [0.3, 0.4) is 0 Å². The first kappa shape index (κ1) is 12.4. The molecule has 92 valence electrons. The molecule has 5 nitrogen and oxygen atoms in total. The van der Waals surface area contributed by atoms with E-state index in [0.29, 0.717) is 10.9 Å². The Kier molecular flexibility index (Phi) is 3.46. The summed E-state index contributed by atoms with van der Waals surface area (Å²) in [5.41, 5.74) is 0.252. The van der Waals surface area contributed by atoms with Crippen molar-refractivity contribution in [2.45, 2.75) is 5.92 Å². The molecule has 0 fully saturated rings. The van der Waals surface area contributed by atoms with E-state index in [-0.39, 0.29) is 11.1 Å². The van der Waals surface area contributed by atoms with Crippen LogP contribution in [0, 0.1) is 0 Å². The summed E-state index contributed by atoms with van der Waals surface area (Å²) in [5.74, 6) is 1.12.